The predicted molar refractivity (Wildman–Crippen MR) is 95.4 cm³/mol. The van der Waals surface area contributed by atoms with Crippen molar-refractivity contribution < 1.29 is 14.3 Å². The van der Waals surface area contributed by atoms with Crippen LogP contribution in [-0.2, 0) is 4.79 Å². The number of anilines is 1. The molecule has 3 rings (SSSR count). The summed E-state index contributed by atoms with van der Waals surface area (Å²) in [6, 6.07) is 8.01. The molecule has 1 fully saturated rings. The summed E-state index contributed by atoms with van der Waals surface area (Å²) in [4.78, 5) is 21.8. The highest BCUT2D eigenvalue weighted by Crippen LogP contribution is 2.25. The van der Waals surface area contributed by atoms with Crippen LogP contribution in [0.4, 0.5) is 5.95 Å². The lowest BCUT2D eigenvalue weighted by Crippen LogP contribution is -2.54. The van der Waals surface area contributed by atoms with Crippen LogP contribution in [0.1, 0.15) is 31.7 Å². The second-order valence-electron chi connectivity index (χ2n) is 6.44. The van der Waals surface area contributed by atoms with Crippen molar-refractivity contribution >= 4 is 11.7 Å². The number of carbonyl (C=O) groups is 1. The van der Waals surface area contributed by atoms with E-state index >= 15 is 0 Å². The summed E-state index contributed by atoms with van der Waals surface area (Å²) in [5, 5.41) is 0. The molecule has 0 amide bonds. The maximum absolute atomic E-state index is 11.2. The van der Waals surface area contributed by atoms with Crippen LogP contribution < -0.4 is 14.4 Å². The van der Waals surface area contributed by atoms with E-state index < -0.39 is 0 Å². The molecule has 132 valence electrons. The minimum Gasteiger partial charge on any atom is -0.494 e. The second kappa shape index (κ2) is 7.51. The van der Waals surface area contributed by atoms with Gasteiger partial charge in [0.05, 0.1) is 32.6 Å². The third-order valence-electron chi connectivity index (χ3n) is 4.33. The Morgan fingerprint density at radius 1 is 1.20 bits per heavy atom. The molecule has 0 unspecified atom stereocenters. The van der Waals surface area contributed by atoms with Crippen molar-refractivity contribution in [1.82, 2.24) is 9.97 Å². The van der Waals surface area contributed by atoms with Gasteiger partial charge in [0.1, 0.15) is 17.6 Å². The monoisotopic (exact) mass is 341 g/mol. The fourth-order valence-corrected chi connectivity index (χ4v) is 2.87. The Bertz CT molecular complexity index is 710. The maximum atomic E-state index is 11.2. The van der Waals surface area contributed by atoms with Gasteiger partial charge in [0.25, 0.3) is 0 Å². The highest BCUT2D eigenvalue weighted by atomic mass is 16.5. The first-order valence-corrected chi connectivity index (χ1v) is 8.42. The minimum atomic E-state index is 0.131. The molecule has 6 nitrogen and oxygen atoms in total. The van der Waals surface area contributed by atoms with Crippen molar-refractivity contribution in [2.45, 2.75) is 32.3 Å². The number of ketones is 1. The molecule has 1 aromatic heterocycles. The van der Waals surface area contributed by atoms with Crippen LogP contribution >= 0.6 is 0 Å². The van der Waals surface area contributed by atoms with Crippen LogP contribution in [-0.4, -0.2) is 42.1 Å². The number of aromatic nitrogens is 2. The standard InChI is InChI=1S/C19H23N3O3/c1-13(8-14(2)23)15-4-6-16(7-5-15)25-18-11-22(12-18)19-20-9-17(24-3)10-21-19/h4-7,9-10,13,18H,8,11-12H2,1-3H3/t13-/m1/s1. The first-order chi connectivity index (χ1) is 12.0. The van der Waals surface area contributed by atoms with Crippen molar-refractivity contribution in [3.05, 3.63) is 42.2 Å². The zero-order valence-electron chi connectivity index (χ0n) is 14.8. The predicted octanol–water partition coefficient (Wildman–Crippen LogP) is 2.84. The zero-order chi connectivity index (χ0) is 17.8. The molecule has 0 saturated carbocycles. The summed E-state index contributed by atoms with van der Waals surface area (Å²) >= 11 is 0. The van der Waals surface area contributed by atoms with Gasteiger partial charge in [-0.25, -0.2) is 9.97 Å². The minimum absolute atomic E-state index is 0.131. The van der Waals surface area contributed by atoms with Crippen molar-refractivity contribution in [2.24, 2.45) is 0 Å². The number of Topliss-reactive ketones (excluding diaryl/α,β-unsaturated/α-hetero) is 1. The molecular formula is C19H23N3O3. The number of methoxy groups -OCH3 is 1. The molecule has 0 radical (unpaired) electrons. The van der Waals surface area contributed by atoms with Crippen molar-refractivity contribution in [3.63, 3.8) is 0 Å². The Hall–Kier alpha value is -2.63. The fourth-order valence-electron chi connectivity index (χ4n) is 2.87. The van der Waals surface area contributed by atoms with E-state index in [1.165, 1.54) is 0 Å². The lowest BCUT2D eigenvalue weighted by Gasteiger charge is -2.38. The van der Waals surface area contributed by atoms with E-state index in [-0.39, 0.29) is 17.8 Å². The summed E-state index contributed by atoms with van der Waals surface area (Å²) in [7, 11) is 1.60. The van der Waals surface area contributed by atoms with Crippen molar-refractivity contribution in [3.8, 4) is 11.5 Å². The molecule has 0 aliphatic carbocycles. The lowest BCUT2D eigenvalue weighted by molar-refractivity contribution is -0.117. The topological polar surface area (TPSA) is 64.6 Å². The van der Waals surface area contributed by atoms with Gasteiger partial charge in [-0.2, -0.15) is 0 Å². The fraction of sp³-hybridized carbons (Fsp3) is 0.421. The van der Waals surface area contributed by atoms with Crippen LogP contribution in [0, 0.1) is 0 Å². The van der Waals surface area contributed by atoms with E-state index in [4.69, 9.17) is 9.47 Å². The van der Waals surface area contributed by atoms with Crippen LogP contribution in [0.5, 0.6) is 11.5 Å². The summed E-state index contributed by atoms with van der Waals surface area (Å²) in [5.74, 6) is 2.63. The molecule has 2 heterocycles. The Balaban J connectivity index is 1.50. The van der Waals surface area contributed by atoms with Gasteiger partial charge in [0.2, 0.25) is 5.95 Å². The summed E-state index contributed by atoms with van der Waals surface area (Å²) in [6.07, 6.45) is 4.03. The quantitative estimate of drug-likeness (QED) is 0.772. The smallest absolute Gasteiger partial charge is 0.225 e. The molecule has 1 saturated heterocycles. The van der Waals surface area contributed by atoms with Crippen LogP contribution in [0.25, 0.3) is 0 Å². The Labute approximate surface area is 147 Å². The molecule has 1 atom stereocenters. The average molecular weight is 341 g/mol. The molecule has 1 aromatic carbocycles. The van der Waals surface area contributed by atoms with E-state index in [9.17, 15) is 4.79 Å². The summed E-state index contributed by atoms with van der Waals surface area (Å²) < 4.78 is 11.0. The maximum Gasteiger partial charge on any atom is 0.225 e. The normalized spacial score (nSPS) is 15.4. The Morgan fingerprint density at radius 3 is 2.40 bits per heavy atom. The number of carbonyl (C=O) groups excluding carboxylic acids is 1. The molecule has 25 heavy (non-hydrogen) atoms. The first-order valence-electron chi connectivity index (χ1n) is 8.42. The molecule has 0 spiro atoms. The highest BCUT2D eigenvalue weighted by molar-refractivity contribution is 5.76. The van der Waals surface area contributed by atoms with Crippen LogP contribution in [0.15, 0.2) is 36.7 Å². The molecule has 1 aliphatic heterocycles. The van der Waals surface area contributed by atoms with Gasteiger partial charge >= 0.3 is 0 Å². The number of ether oxygens (including phenoxy) is 2. The van der Waals surface area contributed by atoms with Crippen molar-refractivity contribution in [2.75, 3.05) is 25.1 Å². The van der Waals surface area contributed by atoms with Crippen LogP contribution in [0.3, 0.4) is 0 Å². The van der Waals surface area contributed by atoms with Gasteiger partial charge in [0.15, 0.2) is 5.75 Å². The molecule has 0 N–H and O–H groups in total. The number of rotatable bonds is 7. The highest BCUT2D eigenvalue weighted by Gasteiger charge is 2.30. The van der Waals surface area contributed by atoms with Gasteiger partial charge < -0.3 is 19.2 Å². The summed E-state index contributed by atoms with van der Waals surface area (Å²) in [6.45, 7) is 5.21. The first kappa shape index (κ1) is 17.2. The lowest BCUT2D eigenvalue weighted by atomic mass is 9.96. The van der Waals surface area contributed by atoms with Gasteiger partial charge in [-0.15, -0.1) is 0 Å². The van der Waals surface area contributed by atoms with Crippen LogP contribution in [0.2, 0.25) is 0 Å². The van der Waals surface area contributed by atoms with E-state index in [0.717, 1.165) is 24.4 Å². The molecule has 1 aliphatic rings. The van der Waals surface area contributed by atoms with E-state index in [2.05, 4.69) is 21.8 Å². The summed E-state index contributed by atoms with van der Waals surface area (Å²) in [5.41, 5.74) is 1.16. The molecule has 6 heteroatoms. The average Bonchev–Trinajstić information content (AvgIpc) is 2.58. The number of hydrogen-bond donors (Lipinski definition) is 0. The molecular weight excluding hydrogens is 318 g/mol. The van der Waals surface area contributed by atoms with Gasteiger partial charge in [0, 0.05) is 6.42 Å². The third kappa shape index (κ3) is 4.26. The van der Waals surface area contributed by atoms with Crippen molar-refractivity contribution in [1.29, 1.82) is 0 Å². The van der Waals surface area contributed by atoms with Gasteiger partial charge in [-0.05, 0) is 30.5 Å². The van der Waals surface area contributed by atoms with E-state index in [1.807, 2.05) is 24.3 Å². The second-order valence-corrected chi connectivity index (χ2v) is 6.44. The SMILES string of the molecule is COc1cnc(N2CC(Oc3ccc([C@H](C)CC(C)=O)cc3)C2)nc1. The number of benzene rings is 1. The van der Waals surface area contributed by atoms with E-state index in [0.29, 0.717) is 18.1 Å². The number of nitrogens with zero attached hydrogens (tertiary/aromatic N) is 3. The number of hydrogen-bond acceptors (Lipinski definition) is 6. The van der Waals surface area contributed by atoms with Gasteiger partial charge in [-0.1, -0.05) is 19.1 Å². The van der Waals surface area contributed by atoms with E-state index in [1.54, 1.807) is 26.4 Å². The zero-order valence-corrected chi connectivity index (χ0v) is 14.8. The molecule has 0 bridgehead atoms. The third-order valence-corrected chi connectivity index (χ3v) is 4.33. The Kier molecular flexibility index (Phi) is 5.16. The Morgan fingerprint density at radius 2 is 1.84 bits per heavy atom. The van der Waals surface area contributed by atoms with Gasteiger partial charge in [-0.3, -0.25) is 0 Å². The largest absolute Gasteiger partial charge is 0.494 e. The molecule has 2 aromatic rings.